The van der Waals surface area contributed by atoms with Crippen LogP contribution in [0.2, 0.25) is 0 Å². The Morgan fingerprint density at radius 2 is 1.82 bits per heavy atom. The van der Waals surface area contributed by atoms with Gasteiger partial charge in [0.15, 0.2) is 10.8 Å². The molecule has 0 aromatic heterocycles. The van der Waals surface area contributed by atoms with Crippen LogP contribution in [0.1, 0.15) is 38.7 Å². The molecule has 2 heterocycles. The fraction of sp³-hybridized carbons (Fsp3) is 0.524. The maximum absolute atomic E-state index is 10.3. The van der Waals surface area contributed by atoms with Gasteiger partial charge in [-0.25, -0.2) is 0 Å². The molecule has 0 spiro atoms. The first kappa shape index (κ1) is 19.7. The third-order valence-electron chi connectivity index (χ3n) is 5.77. The van der Waals surface area contributed by atoms with Gasteiger partial charge < -0.3 is 14.2 Å². The molecule has 3 rings (SSSR count). The van der Waals surface area contributed by atoms with Crippen LogP contribution in [0.25, 0.3) is 0 Å². The summed E-state index contributed by atoms with van der Waals surface area (Å²) in [6.45, 7) is 5.55. The Kier molecular flexibility index (Phi) is 4.58. The van der Waals surface area contributed by atoms with Crippen molar-refractivity contribution in [3.05, 3.63) is 29.8 Å². The number of fused-ring (bicyclic) bond motifs is 2. The lowest BCUT2D eigenvalue weighted by atomic mass is 9.52. The van der Waals surface area contributed by atoms with E-state index in [1.807, 2.05) is 13.8 Å². The fourth-order valence-corrected chi connectivity index (χ4v) is 4.61. The van der Waals surface area contributed by atoms with E-state index in [-0.39, 0.29) is 5.92 Å². The second-order valence-corrected chi connectivity index (χ2v) is 7.81. The lowest BCUT2D eigenvalue weighted by Gasteiger charge is -2.49. The molecule has 2 aliphatic rings. The van der Waals surface area contributed by atoms with E-state index < -0.39 is 34.5 Å². The molecule has 4 atom stereocenters. The Morgan fingerprint density at radius 1 is 1.18 bits per heavy atom. The first-order valence-corrected chi connectivity index (χ1v) is 9.08. The summed E-state index contributed by atoms with van der Waals surface area (Å²) in [4.78, 5) is 0. The lowest BCUT2D eigenvalue weighted by molar-refractivity contribution is -0.253. The van der Waals surface area contributed by atoms with Gasteiger partial charge in [-0.1, -0.05) is 32.0 Å². The minimum Gasteiger partial charge on any atom is -0.496 e. The van der Waals surface area contributed by atoms with Crippen LogP contribution < -0.4 is 4.74 Å². The van der Waals surface area contributed by atoms with E-state index >= 15 is 0 Å². The zero-order chi connectivity index (χ0) is 20.7. The van der Waals surface area contributed by atoms with Crippen LogP contribution in [-0.2, 0) is 9.47 Å². The van der Waals surface area contributed by atoms with Crippen LogP contribution >= 0.6 is 0 Å². The van der Waals surface area contributed by atoms with Crippen molar-refractivity contribution >= 4 is 5.90 Å². The highest BCUT2D eigenvalue weighted by atomic mass is 16.7. The van der Waals surface area contributed by atoms with Crippen molar-refractivity contribution < 1.29 is 14.2 Å². The van der Waals surface area contributed by atoms with Crippen molar-refractivity contribution in [2.24, 2.45) is 16.7 Å². The van der Waals surface area contributed by atoms with Crippen molar-refractivity contribution in [2.45, 2.75) is 45.0 Å². The molecule has 0 aliphatic carbocycles. The molecule has 2 fully saturated rings. The maximum Gasteiger partial charge on any atom is 0.218 e. The van der Waals surface area contributed by atoms with E-state index in [1.54, 1.807) is 31.2 Å². The molecule has 2 saturated heterocycles. The SMILES string of the molecule is COc1ccccc1C1C2(C)OC(=N)C1(C#N)C(C#N)(C#N)C(CC(C)C)O2. The van der Waals surface area contributed by atoms with E-state index in [4.69, 9.17) is 19.6 Å². The smallest absolute Gasteiger partial charge is 0.218 e. The Hall–Kier alpha value is -3.08. The summed E-state index contributed by atoms with van der Waals surface area (Å²) >= 11 is 0. The van der Waals surface area contributed by atoms with Gasteiger partial charge in [-0.2, -0.15) is 15.8 Å². The fourth-order valence-electron chi connectivity index (χ4n) is 4.61. The number of benzene rings is 1. The minimum absolute atomic E-state index is 0.113. The van der Waals surface area contributed by atoms with Crippen molar-refractivity contribution in [3.8, 4) is 24.0 Å². The Morgan fingerprint density at radius 3 is 2.36 bits per heavy atom. The Bertz CT molecular complexity index is 924. The molecule has 28 heavy (non-hydrogen) atoms. The van der Waals surface area contributed by atoms with E-state index in [9.17, 15) is 15.8 Å². The van der Waals surface area contributed by atoms with Gasteiger partial charge in [0.05, 0.1) is 37.3 Å². The predicted octanol–water partition coefficient (Wildman–Crippen LogP) is 3.49. The summed E-state index contributed by atoms with van der Waals surface area (Å²) in [5.74, 6) is -2.08. The molecule has 2 aliphatic heterocycles. The first-order valence-electron chi connectivity index (χ1n) is 9.08. The largest absolute Gasteiger partial charge is 0.496 e. The molecular weight excluding hydrogens is 356 g/mol. The third-order valence-corrected chi connectivity index (χ3v) is 5.77. The molecule has 7 heteroatoms. The summed E-state index contributed by atoms with van der Waals surface area (Å²) < 4.78 is 17.5. The van der Waals surface area contributed by atoms with Gasteiger partial charge >= 0.3 is 0 Å². The molecule has 144 valence electrons. The van der Waals surface area contributed by atoms with Crippen LogP contribution in [0, 0.1) is 56.2 Å². The number of para-hydroxylation sites is 1. The molecule has 1 N–H and O–H groups in total. The Balaban J connectivity index is 2.36. The van der Waals surface area contributed by atoms with E-state index in [0.717, 1.165) is 0 Å². The molecule has 0 amide bonds. The topological polar surface area (TPSA) is 123 Å². The van der Waals surface area contributed by atoms with Crippen molar-refractivity contribution in [1.29, 1.82) is 21.2 Å². The van der Waals surface area contributed by atoms with Crippen LogP contribution in [0.5, 0.6) is 5.75 Å². The van der Waals surface area contributed by atoms with Gasteiger partial charge in [-0.15, -0.1) is 0 Å². The molecule has 1 aromatic rings. The molecular formula is C21H22N4O3. The number of hydrogen-bond acceptors (Lipinski definition) is 7. The average molecular weight is 378 g/mol. The van der Waals surface area contributed by atoms with Crippen LogP contribution in [-0.4, -0.2) is 24.9 Å². The second kappa shape index (κ2) is 6.51. The van der Waals surface area contributed by atoms with Crippen LogP contribution in [0.15, 0.2) is 24.3 Å². The monoisotopic (exact) mass is 378 g/mol. The predicted molar refractivity (Wildman–Crippen MR) is 99.0 cm³/mol. The average Bonchev–Trinajstić information content (AvgIpc) is 2.85. The highest BCUT2D eigenvalue weighted by Gasteiger charge is 2.79. The Labute approximate surface area is 164 Å². The number of nitrogens with one attached hydrogen (secondary N) is 1. The summed E-state index contributed by atoms with van der Waals surface area (Å²) in [6.07, 6.45) is -0.490. The van der Waals surface area contributed by atoms with Gasteiger partial charge in [0.1, 0.15) is 5.75 Å². The minimum atomic E-state index is -1.90. The highest BCUT2D eigenvalue weighted by molar-refractivity contribution is 5.90. The van der Waals surface area contributed by atoms with Gasteiger partial charge in [-0.05, 0) is 18.4 Å². The van der Waals surface area contributed by atoms with E-state index in [1.165, 1.54) is 7.11 Å². The van der Waals surface area contributed by atoms with Crippen LogP contribution in [0.3, 0.4) is 0 Å². The quantitative estimate of drug-likeness (QED) is 0.855. The van der Waals surface area contributed by atoms with Crippen molar-refractivity contribution in [3.63, 3.8) is 0 Å². The summed E-state index contributed by atoms with van der Waals surface area (Å²) in [5.41, 5.74) is -3.16. The standard InChI is InChI=1S/C21H22N4O3/c1-13(2)9-16-20(10-22,11-23)21(12-24)17(19(3,27-16)28-18(21)25)14-7-5-6-8-15(14)26-4/h5-8,13,16-17,25H,9H2,1-4H3. The molecule has 2 bridgehead atoms. The first-order chi connectivity index (χ1) is 13.3. The number of nitriles is 3. The van der Waals surface area contributed by atoms with Gasteiger partial charge in [-0.3, -0.25) is 5.41 Å². The lowest BCUT2D eigenvalue weighted by Crippen LogP contribution is -2.61. The van der Waals surface area contributed by atoms with Gasteiger partial charge in [0, 0.05) is 12.5 Å². The summed E-state index contributed by atoms with van der Waals surface area (Å²) in [6, 6.07) is 13.3. The number of nitrogens with zero attached hydrogens (tertiary/aromatic N) is 3. The number of rotatable bonds is 4. The number of hydrogen-bond donors (Lipinski definition) is 1. The van der Waals surface area contributed by atoms with E-state index in [2.05, 4.69) is 18.2 Å². The van der Waals surface area contributed by atoms with Gasteiger partial charge in [0.2, 0.25) is 11.7 Å². The molecule has 0 radical (unpaired) electrons. The highest BCUT2D eigenvalue weighted by Crippen LogP contribution is 2.67. The molecule has 1 aromatic carbocycles. The normalized spacial score (nSPS) is 32.7. The summed E-state index contributed by atoms with van der Waals surface area (Å²) in [5, 5.41) is 39.1. The second-order valence-electron chi connectivity index (χ2n) is 7.81. The van der Waals surface area contributed by atoms with Crippen LogP contribution in [0.4, 0.5) is 0 Å². The molecule has 0 saturated carbocycles. The van der Waals surface area contributed by atoms with Crippen molar-refractivity contribution in [2.75, 3.05) is 7.11 Å². The summed E-state index contributed by atoms with van der Waals surface area (Å²) in [7, 11) is 1.50. The number of ether oxygens (including phenoxy) is 3. The maximum atomic E-state index is 10.3. The molecule has 7 nitrogen and oxygen atoms in total. The van der Waals surface area contributed by atoms with E-state index in [0.29, 0.717) is 17.7 Å². The zero-order valence-electron chi connectivity index (χ0n) is 16.3. The zero-order valence-corrected chi connectivity index (χ0v) is 16.3. The third kappa shape index (κ3) is 2.25. The van der Waals surface area contributed by atoms with Crippen molar-refractivity contribution in [1.82, 2.24) is 0 Å². The van der Waals surface area contributed by atoms with Gasteiger partial charge in [0.25, 0.3) is 0 Å². The number of methoxy groups -OCH3 is 1. The molecule has 4 unspecified atom stereocenters.